The SMILES string of the molecule is COc1cccc(/C=C/C(=O)NC2CCC3(OC(C)=O)CN(CC4CC4)CCC3(c3cccc(OC)c3)C2)c1. The highest BCUT2D eigenvalue weighted by Gasteiger charge is 2.61. The van der Waals surface area contributed by atoms with Gasteiger partial charge in [-0.05, 0) is 92.5 Å². The lowest BCUT2D eigenvalue weighted by Gasteiger charge is -2.59. The fraction of sp³-hybridized carbons (Fsp3) is 0.500. The molecule has 208 valence electrons. The number of hydrogen-bond donors (Lipinski definition) is 1. The molecule has 2 aromatic rings. The molecule has 3 aliphatic rings. The maximum absolute atomic E-state index is 13.0. The maximum Gasteiger partial charge on any atom is 0.303 e. The van der Waals surface area contributed by atoms with E-state index in [4.69, 9.17) is 14.2 Å². The molecule has 1 saturated heterocycles. The number of nitrogens with one attached hydrogen (secondary N) is 1. The summed E-state index contributed by atoms with van der Waals surface area (Å²) in [5.74, 6) is 1.91. The topological polar surface area (TPSA) is 77.1 Å². The zero-order valence-electron chi connectivity index (χ0n) is 23.3. The summed E-state index contributed by atoms with van der Waals surface area (Å²) >= 11 is 0. The summed E-state index contributed by atoms with van der Waals surface area (Å²) in [5.41, 5.74) is 0.925. The van der Waals surface area contributed by atoms with Crippen LogP contribution in [-0.2, 0) is 19.7 Å². The predicted molar refractivity (Wildman–Crippen MR) is 151 cm³/mol. The van der Waals surface area contributed by atoms with Crippen LogP contribution in [-0.4, -0.2) is 62.3 Å². The number of benzene rings is 2. The smallest absolute Gasteiger partial charge is 0.303 e. The normalized spacial score (nSPS) is 27.0. The van der Waals surface area contributed by atoms with Crippen LogP contribution in [0.1, 0.15) is 56.6 Å². The average Bonchev–Trinajstić information content (AvgIpc) is 3.76. The Hall–Kier alpha value is -3.32. The average molecular weight is 533 g/mol. The second kappa shape index (κ2) is 11.4. The molecule has 0 bridgehead atoms. The Morgan fingerprint density at radius 1 is 1.03 bits per heavy atom. The van der Waals surface area contributed by atoms with Gasteiger partial charge in [0.15, 0.2) is 0 Å². The molecule has 2 saturated carbocycles. The molecular weight excluding hydrogens is 492 g/mol. The Labute approximate surface area is 231 Å². The van der Waals surface area contributed by atoms with E-state index in [-0.39, 0.29) is 17.9 Å². The number of rotatable bonds is 9. The Kier molecular flexibility index (Phi) is 7.98. The van der Waals surface area contributed by atoms with Gasteiger partial charge in [0, 0.05) is 37.5 Å². The summed E-state index contributed by atoms with van der Waals surface area (Å²) < 4.78 is 17.3. The third-order valence-electron chi connectivity index (χ3n) is 8.74. The summed E-state index contributed by atoms with van der Waals surface area (Å²) in [4.78, 5) is 28.1. The van der Waals surface area contributed by atoms with Crippen LogP contribution in [0.3, 0.4) is 0 Å². The van der Waals surface area contributed by atoms with Crippen LogP contribution in [0.25, 0.3) is 6.08 Å². The highest BCUT2D eigenvalue weighted by atomic mass is 16.6. The van der Waals surface area contributed by atoms with E-state index in [0.29, 0.717) is 12.8 Å². The van der Waals surface area contributed by atoms with Crippen molar-refractivity contribution in [3.63, 3.8) is 0 Å². The zero-order chi connectivity index (χ0) is 27.5. The fourth-order valence-corrected chi connectivity index (χ4v) is 6.72. The Balaban J connectivity index is 1.42. The standard InChI is InChI=1S/C32H40N2O5/c1-23(35)39-32-15-14-27(33-30(36)13-12-24-6-4-8-28(18-24)37-2)20-31(32,26-7-5-9-29(19-26)38-3)16-17-34(22-32)21-25-10-11-25/h4-9,12-13,18-19,25,27H,10-11,14-17,20-22H2,1-3H3,(H,33,36)/b13-12+. The number of likely N-dealkylation sites (tertiary alicyclic amines) is 1. The van der Waals surface area contributed by atoms with Gasteiger partial charge in [0.1, 0.15) is 17.1 Å². The number of methoxy groups -OCH3 is 2. The summed E-state index contributed by atoms with van der Waals surface area (Å²) in [5, 5.41) is 3.26. The van der Waals surface area contributed by atoms with Gasteiger partial charge in [0.25, 0.3) is 0 Å². The van der Waals surface area contributed by atoms with E-state index in [2.05, 4.69) is 22.3 Å². The molecule has 7 heteroatoms. The summed E-state index contributed by atoms with van der Waals surface area (Å²) in [6.07, 6.45) is 8.95. The van der Waals surface area contributed by atoms with E-state index in [1.54, 1.807) is 26.4 Å². The van der Waals surface area contributed by atoms with Crippen molar-refractivity contribution >= 4 is 18.0 Å². The fourth-order valence-electron chi connectivity index (χ4n) is 6.72. The summed E-state index contributed by atoms with van der Waals surface area (Å²) in [6, 6.07) is 15.7. The van der Waals surface area contributed by atoms with Crippen molar-refractivity contribution in [2.24, 2.45) is 5.92 Å². The molecule has 39 heavy (non-hydrogen) atoms. The van der Waals surface area contributed by atoms with Gasteiger partial charge in [0.2, 0.25) is 5.91 Å². The largest absolute Gasteiger partial charge is 0.497 e. The number of fused-ring (bicyclic) bond motifs is 1. The molecule has 3 unspecified atom stereocenters. The van der Waals surface area contributed by atoms with Crippen molar-refractivity contribution < 1.29 is 23.8 Å². The Morgan fingerprint density at radius 2 is 1.77 bits per heavy atom. The molecule has 1 heterocycles. The number of amides is 1. The first-order chi connectivity index (χ1) is 18.8. The molecule has 2 aliphatic carbocycles. The van der Waals surface area contributed by atoms with Gasteiger partial charge in [0.05, 0.1) is 14.2 Å². The minimum absolute atomic E-state index is 0.0441. The molecule has 0 aromatic heterocycles. The van der Waals surface area contributed by atoms with Crippen molar-refractivity contribution in [2.75, 3.05) is 33.9 Å². The third-order valence-corrected chi connectivity index (χ3v) is 8.74. The molecule has 2 aromatic carbocycles. The maximum atomic E-state index is 13.0. The minimum atomic E-state index is -0.657. The molecule has 0 radical (unpaired) electrons. The van der Waals surface area contributed by atoms with Crippen LogP contribution in [0.15, 0.2) is 54.6 Å². The number of hydrogen-bond acceptors (Lipinski definition) is 6. The first-order valence-electron chi connectivity index (χ1n) is 14.0. The van der Waals surface area contributed by atoms with E-state index >= 15 is 0 Å². The van der Waals surface area contributed by atoms with Gasteiger partial charge in [-0.3, -0.25) is 14.5 Å². The van der Waals surface area contributed by atoms with E-state index in [9.17, 15) is 9.59 Å². The lowest BCUT2D eigenvalue weighted by molar-refractivity contribution is -0.187. The zero-order valence-corrected chi connectivity index (χ0v) is 23.3. The van der Waals surface area contributed by atoms with Crippen LogP contribution in [0.5, 0.6) is 11.5 Å². The second-order valence-electron chi connectivity index (χ2n) is 11.4. The van der Waals surface area contributed by atoms with Crippen molar-refractivity contribution in [1.29, 1.82) is 0 Å². The first-order valence-corrected chi connectivity index (χ1v) is 14.0. The summed E-state index contributed by atoms with van der Waals surface area (Å²) in [6.45, 7) is 4.23. The molecule has 3 atom stereocenters. The number of nitrogens with zero attached hydrogens (tertiary/aromatic N) is 1. The lowest BCUT2D eigenvalue weighted by atomic mass is 9.55. The number of carbonyl (C=O) groups is 2. The number of ether oxygens (including phenoxy) is 3. The van der Waals surface area contributed by atoms with Crippen LogP contribution >= 0.6 is 0 Å². The van der Waals surface area contributed by atoms with Crippen LogP contribution in [0, 0.1) is 5.92 Å². The second-order valence-corrected chi connectivity index (χ2v) is 11.4. The van der Waals surface area contributed by atoms with Gasteiger partial charge >= 0.3 is 5.97 Å². The molecule has 1 aliphatic heterocycles. The van der Waals surface area contributed by atoms with Crippen molar-refractivity contribution in [1.82, 2.24) is 10.2 Å². The summed E-state index contributed by atoms with van der Waals surface area (Å²) in [7, 11) is 3.30. The van der Waals surface area contributed by atoms with E-state index in [0.717, 1.165) is 61.0 Å². The van der Waals surface area contributed by atoms with E-state index in [1.807, 2.05) is 36.4 Å². The van der Waals surface area contributed by atoms with Crippen molar-refractivity contribution in [3.8, 4) is 11.5 Å². The molecule has 5 rings (SSSR count). The molecule has 0 spiro atoms. The van der Waals surface area contributed by atoms with Gasteiger partial charge in [-0.2, -0.15) is 0 Å². The van der Waals surface area contributed by atoms with Crippen LogP contribution in [0.2, 0.25) is 0 Å². The molecule has 3 fully saturated rings. The van der Waals surface area contributed by atoms with E-state index in [1.165, 1.54) is 19.8 Å². The lowest BCUT2D eigenvalue weighted by Crippen LogP contribution is -2.68. The highest BCUT2D eigenvalue weighted by molar-refractivity contribution is 5.92. The minimum Gasteiger partial charge on any atom is -0.497 e. The number of carbonyl (C=O) groups excluding carboxylic acids is 2. The van der Waals surface area contributed by atoms with Crippen LogP contribution in [0.4, 0.5) is 0 Å². The Bertz CT molecular complexity index is 1220. The third kappa shape index (κ3) is 5.98. The van der Waals surface area contributed by atoms with Crippen LogP contribution < -0.4 is 14.8 Å². The monoisotopic (exact) mass is 532 g/mol. The van der Waals surface area contributed by atoms with Crippen molar-refractivity contribution in [3.05, 3.63) is 65.7 Å². The molecule has 1 amide bonds. The van der Waals surface area contributed by atoms with Gasteiger partial charge < -0.3 is 19.5 Å². The first kappa shape index (κ1) is 27.3. The van der Waals surface area contributed by atoms with Gasteiger partial charge in [-0.25, -0.2) is 0 Å². The quantitative estimate of drug-likeness (QED) is 0.371. The number of piperidine rings is 1. The highest BCUT2D eigenvalue weighted by Crippen LogP contribution is 2.54. The van der Waals surface area contributed by atoms with Gasteiger partial charge in [-0.1, -0.05) is 24.3 Å². The molecular formula is C32H40N2O5. The molecule has 7 nitrogen and oxygen atoms in total. The Morgan fingerprint density at radius 3 is 2.49 bits per heavy atom. The molecule has 1 N–H and O–H groups in total. The van der Waals surface area contributed by atoms with Crippen molar-refractivity contribution in [2.45, 2.75) is 62.5 Å². The number of esters is 1. The van der Waals surface area contributed by atoms with Gasteiger partial charge in [-0.15, -0.1) is 0 Å². The predicted octanol–water partition coefficient (Wildman–Crippen LogP) is 4.74. The van der Waals surface area contributed by atoms with E-state index < -0.39 is 11.0 Å².